The summed E-state index contributed by atoms with van der Waals surface area (Å²) in [5.41, 5.74) is 3.33. The lowest BCUT2D eigenvalue weighted by atomic mass is 10.0. The van der Waals surface area contributed by atoms with E-state index in [1.54, 1.807) is 17.0 Å². The first-order valence-corrected chi connectivity index (χ1v) is 10.1. The van der Waals surface area contributed by atoms with Crippen molar-refractivity contribution >= 4 is 29.9 Å². The highest BCUT2D eigenvalue weighted by atomic mass is 16.5. The number of benzene rings is 2. The van der Waals surface area contributed by atoms with Crippen molar-refractivity contribution in [1.29, 1.82) is 0 Å². The third-order valence-corrected chi connectivity index (χ3v) is 4.77. The van der Waals surface area contributed by atoms with E-state index in [9.17, 15) is 14.4 Å². The summed E-state index contributed by atoms with van der Waals surface area (Å²) >= 11 is 0. The Morgan fingerprint density at radius 1 is 1.20 bits per heavy atom. The monoisotopic (exact) mass is 406 g/mol. The van der Waals surface area contributed by atoms with Gasteiger partial charge >= 0.3 is 0 Å². The number of anilines is 1. The van der Waals surface area contributed by atoms with E-state index in [1.807, 2.05) is 50.2 Å². The molecule has 0 bridgehead atoms. The van der Waals surface area contributed by atoms with Gasteiger partial charge in [-0.2, -0.15) is 0 Å². The van der Waals surface area contributed by atoms with Crippen LogP contribution in [0, 0.1) is 0 Å². The van der Waals surface area contributed by atoms with Gasteiger partial charge in [-0.25, -0.2) is 0 Å². The predicted octanol–water partition coefficient (Wildman–Crippen LogP) is 3.40. The minimum atomic E-state index is -0.256. The van der Waals surface area contributed by atoms with Crippen molar-refractivity contribution in [1.82, 2.24) is 5.32 Å². The number of hydrogen-bond donors (Lipinski definition) is 1. The highest BCUT2D eigenvalue weighted by molar-refractivity contribution is 5.98. The molecule has 1 N–H and O–H groups in total. The number of amides is 2. The van der Waals surface area contributed by atoms with Crippen LogP contribution in [0.25, 0.3) is 6.08 Å². The Hall–Kier alpha value is -3.41. The second kappa shape index (κ2) is 9.87. The van der Waals surface area contributed by atoms with Gasteiger partial charge in [0.05, 0.1) is 6.10 Å². The molecule has 0 radical (unpaired) electrons. The Bertz CT molecular complexity index is 965. The van der Waals surface area contributed by atoms with E-state index in [4.69, 9.17) is 4.74 Å². The van der Waals surface area contributed by atoms with E-state index < -0.39 is 0 Å². The lowest BCUT2D eigenvalue weighted by molar-refractivity contribution is -0.116. The second-order valence-electron chi connectivity index (χ2n) is 7.43. The fourth-order valence-corrected chi connectivity index (χ4v) is 3.35. The zero-order valence-corrected chi connectivity index (χ0v) is 17.3. The molecule has 0 fully saturated rings. The minimum absolute atomic E-state index is 0.0369. The molecule has 156 valence electrons. The summed E-state index contributed by atoms with van der Waals surface area (Å²) in [5, 5.41) is 2.74. The van der Waals surface area contributed by atoms with Gasteiger partial charge in [-0.05, 0) is 67.8 Å². The van der Waals surface area contributed by atoms with Gasteiger partial charge < -0.3 is 15.0 Å². The number of rotatable bonds is 9. The summed E-state index contributed by atoms with van der Waals surface area (Å²) in [6.45, 7) is 4.82. The minimum Gasteiger partial charge on any atom is -0.491 e. The van der Waals surface area contributed by atoms with Gasteiger partial charge in [-0.15, -0.1) is 0 Å². The molecule has 30 heavy (non-hydrogen) atoms. The first-order chi connectivity index (χ1) is 14.5. The van der Waals surface area contributed by atoms with Crippen LogP contribution in [0.15, 0.2) is 48.5 Å². The van der Waals surface area contributed by atoms with Gasteiger partial charge in [0.2, 0.25) is 12.3 Å². The number of fused-ring (bicyclic) bond motifs is 1. The van der Waals surface area contributed by atoms with Crippen molar-refractivity contribution in [3.8, 4) is 5.75 Å². The van der Waals surface area contributed by atoms with Gasteiger partial charge in [-0.3, -0.25) is 14.4 Å². The number of hydrogen-bond acceptors (Lipinski definition) is 4. The van der Waals surface area contributed by atoms with Crippen LogP contribution in [0.1, 0.15) is 41.8 Å². The maximum Gasteiger partial charge on any atom is 0.244 e. The van der Waals surface area contributed by atoms with E-state index in [0.717, 1.165) is 35.4 Å². The Balaban J connectivity index is 1.48. The number of nitrogens with one attached hydrogen (secondary N) is 1. The quantitative estimate of drug-likeness (QED) is 0.393. The number of ketones is 1. The molecule has 0 saturated heterocycles. The molecule has 2 aromatic carbocycles. The SMILES string of the molecule is CC(C)Oc1cccc(/C=C/C(=O)NCCC(=O)c2ccc3c(c2)CCN3C=O)c1. The van der Waals surface area contributed by atoms with Crippen molar-refractivity contribution in [3.63, 3.8) is 0 Å². The fourth-order valence-electron chi connectivity index (χ4n) is 3.35. The Labute approximate surface area is 176 Å². The molecule has 0 saturated carbocycles. The van der Waals surface area contributed by atoms with E-state index in [-0.39, 0.29) is 30.8 Å². The van der Waals surface area contributed by atoms with Gasteiger partial charge in [0, 0.05) is 36.8 Å². The van der Waals surface area contributed by atoms with Crippen LogP contribution in [-0.4, -0.2) is 37.3 Å². The number of carbonyl (C=O) groups is 3. The van der Waals surface area contributed by atoms with Crippen molar-refractivity contribution < 1.29 is 19.1 Å². The first-order valence-electron chi connectivity index (χ1n) is 10.1. The Kier molecular flexibility index (Phi) is 7.01. The molecule has 6 heteroatoms. The van der Waals surface area contributed by atoms with E-state index in [2.05, 4.69) is 5.32 Å². The predicted molar refractivity (Wildman–Crippen MR) is 117 cm³/mol. The van der Waals surface area contributed by atoms with Crippen molar-refractivity contribution in [2.45, 2.75) is 32.8 Å². The Morgan fingerprint density at radius 2 is 2.03 bits per heavy atom. The largest absolute Gasteiger partial charge is 0.491 e. The molecule has 3 rings (SSSR count). The molecule has 0 atom stereocenters. The second-order valence-corrected chi connectivity index (χ2v) is 7.43. The molecule has 1 heterocycles. The Morgan fingerprint density at radius 3 is 2.80 bits per heavy atom. The van der Waals surface area contributed by atoms with Gasteiger partial charge in [0.25, 0.3) is 0 Å². The van der Waals surface area contributed by atoms with Crippen LogP contribution in [-0.2, 0) is 16.0 Å². The highest BCUT2D eigenvalue weighted by Crippen LogP contribution is 2.27. The smallest absolute Gasteiger partial charge is 0.244 e. The summed E-state index contributed by atoms with van der Waals surface area (Å²) < 4.78 is 5.64. The molecule has 1 aliphatic rings. The lowest BCUT2D eigenvalue weighted by Crippen LogP contribution is -2.24. The zero-order chi connectivity index (χ0) is 21.5. The van der Waals surface area contributed by atoms with Crippen LogP contribution >= 0.6 is 0 Å². The maximum absolute atomic E-state index is 12.4. The van der Waals surface area contributed by atoms with Crippen molar-refractivity contribution in [2.75, 3.05) is 18.0 Å². The summed E-state index contributed by atoms with van der Waals surface area (Å²) in [7, 11) is 0. The molecule has 0 unspecified atom stereocenters. The third kappa shape index (κ3) is 5.56. The number of nitrogens with zero attached hydrogens (tertiary/aromatic N) is 1. The van der Waals surface area contributed by atoms with Gasteiger partial charge in [0.15, 0.2) is 5.78 Å². The average Bonchev–Trinajstić information content (AvgIpc) is 3.14. The number of carbonyl (C=O) groups excluding carboxylic acids is 3. The summed E-state index contributed by atoms with van der Waals surface area (Å²) in [6.07, 6.45) is 5.02. The summed E-state index contributed by atoms with van der Waals surface area (Å²) in [6, 6.07) is 12.9. The molecule has 6 nitrogen and oxygen atoms in total. The number of ether oxygens (including phenoxy) is 1. The molecule has 2 aromatic rings. The van der Waals surface area contributed by atoms with Crippen LogP contribution in [0.4, 0.5) is 5.69 Å². The lowest BCUT2D eigenvalue weighted by Gasteiger charge is -2.10. The highest BCUT2D eigenvalue weighted by Gasteiger charge is 2.19. The normalized spacial score (nSPS) is 12.8. The maximum atomic E-state index is 12.4. The molecule has 2 amide bonds. The van der Waals surface area contributed by atoms with Crippen molar-refractivity contribution in [2.24, 2.45) is 0 Å². The molecule has 0 aromatic heterocycles. The summed E-state index contributed by atoms with van der Waals surface area (Å²) in [4.78, 5) is 37.1. The number of Topliss-reactive ketones (excluding diaryl/α,β-unsaturated/α-hetero) is 1. The van der Waals surface area contributed by atoms with E-state index in [1.165, 1.54) is 6.08 Å². The topological polar surface area (TPSA) is 75.7 Å². The van der Waals surface area contributed by atoms with E-state index in [0.29, 0.717) is 12.1 Å². The molecule has 1 aliphatic heterocycles. The molecular formula is C24H26N2O4. The molecule has 0 spiro atoms. The van der Waals surface area contributed by atoms with Crippen LogP contribution < -0.4 is 15.0 Å². The van der Waals surface area contributed by atoms with Crippen LogP contribution in [0.2, 0.25) is 0 Å². The van der Waals surface area contributed by atoms with Crippen LogP contribution in [0.3, 0.4) is 0 Å². The third-order valence-electron chi connectivity index (χ3n) is 4.77. The summed E-state index contributed by atoms with van der Waals surface area (Å²) in [5.74, 6) is 0.461. The van der Waals surface area contributed by atoms with Gasteiger partial charge in [0.1, 0.15) is 5.75 Å². The molecule has 0 aliphatic carbocycles. The zero-order valence-electron chi connectivity index (χ0n) is 17.3. The van der Waals surface area contributed by atoms with E-state index >= 15 is 0 Å². The van der Waals surface area contributed by atoms with Crippen LogP contribution in [0.5, 0.6) is 5.75 Å². The standard InChI is InChI=1S/C24H26N2O4/c1-17(2)30-21-5-3-4-18(14-21)6-9-24(29)25-12-10-23(28)20-7-8-22-19(15-20)11-13-26(22)16-27/h3-9,14-17H,10-13H2,1-2H3,(H,25,29)/b9-6+. The van der Waals surface area contributed by atoms with Crippen molar-refractivity contribution in [3.05, 3.63) is 65.2 Å². The average molecular weight is 406 g/mol. The van der Waals surface area contributed by atoms with Gasteiger partial charge in [-0.1, -0.05) is 12.1 Å². The fraction of sp³-hybridized carbons (Fsp3) is 0.292. The first kappa shape index (κ1) is 21.3. The molecular weight excluding hydrogens is 380 g/mol.